The van der Waals surface area contributed by atoms with Crippen molar-refractivity contribution in [1.29, 1.82) is 0 Å². The van der Waals surface area contributed by atoms with Crippen molar-refractivity contribution in [1.82, 2.24) is 10.6 Å². The topological polar surface area (TPSA) is 61.4 Å². The SMILES string of the molecule is CCNCC(=O)NC(C)(C)C(C)(C)O. The maximum atomic E-state index is 11.4. The van der Waals surface area contributed by atoms with E-state index in [4.69, 9.17) is 0 Å². The lowest BCUT2D eigenvalue weighted by molar-refractivity contribution is -0.125. The largest absolute Gasteiger partial charge is 0.388 e. The van der Waals surface area contributed by atoms with Crippen LogP contribution in [0.25, 0.3) is 0 Å². The molecule has 0 fully saturated rings. The van der Waals surface area contributed by atoms with Crippen LogP contribution in [0, 0.1) is 0 Å². The molecule has 0 heterocycles. The van der Waals surface area contributed by atoms with Crippen molar-refractivity contribution in [3.63, 3.8) is 0 Å². The van der Waals surface area contributed by atoms with E-state index in [1.54, 1.807) is 27.7 Å². The zero-order chi connectivity index (χ0) is 11.4. The molecule has 0 aromatic heterocycles. The molecule has 0 radical (unpaired) electrons. The highest BCUT2D eigenvalue weighted by Crippen LogP contribution is 2.19. The molecule has 0 atom stereocenters. The van der Waals surface area contributed by atoms with Gasteiger partial charge in [0.05, 0.1) is 17.7 Å². The van der Waals surface area contributed by atoms with E-state index >= 15 is 0 Å². The first-order chi connectivity index (χ1) is 6.20. The molecule has 1 amide bonds. The third-order valence-electron chi connectivity index (χ3n) is 2.52. The first-order valence-corrected chi connectivity index (χ1v) is 4.95. The lowest BCUT2D eigenvalue weighted by Crippen LogP contribution is -2.59. The molecule has 0 saturated carbocycles. The molecule has 0 spiro atoms. The Morgan fingerprint density at radius 2 is 1.79 bits per heavy atom. The van der Waals surface area contributed by atoms with Gasteiger partial charge in [-0.3, -0.25) is 4.79 Å². The monoisotopic (exact) mass is 202 g/mol. The van der Waals surface area contributed by atoms with Crippen molar-refractivity contribution < 1.29 is 9.90 Å². The minimum absolute atomic E-state index is 0.0982. The fraction of sp³-hybridized carbons (Fsp3) is 0.900. The predicted molar refractivity (Wildman–Crippen MR) is 57.1 cm³/mol. The number of amides is 1. The Bertz CT molecular complexity index is 195. The second-order valence-corrected chi connectivity index (χ2v) is 4.51. The molecular formula is C10H22N2O2. The summed E-state index contributed by atoms with van der Waals surface area (Å²) in [6.45, 7) is 9.95. The third kappa shape index (κ3) is 4.07. The van der Waals surface area contributed by atoms with Gasteiger partial charge in [-0.05, 0) is 34.2 Å². The predicted octanol–water partition coefficient (Wildman–Crippen LogP) is 0.262. The Labute approximate surface area is 86.1 Å². The maximum Gasteiger partial charge on any atom is 0.234 e. The van der Waals surface area contributed by atoms with Crippen molar-refractivity contribution >= 4 is 5.91 Å². The molecule has 0 rings (SSSR count). The summed E-state index contributed by atoms with van der Waals surface area (Å²) >= 11 is 0. The van der Waals surface area contributed by atoms with Gasteiger partial charge in [0.2, 0.25) is 5.91 Å². The normalized spacial score (nSPS) is 12.7. The molecule has 14 heavy (non-hydrogen) atoms. The first kappa shape index (κ1) is 13.4. The summed E-state index contributed by atoms with van der Waals surface area (Å²) in [5.74, 6) is -0.0982. The van der Waals surface area contributed by atoms with Crippen LogP contribution in [0.15, 0.2) is 0 Å². The number of rotatable bonds is 5. The van der Waals surface area contributed by atoms with Gasteiger partial charge in [0, 0.05) is 0 Å². The quantitative estimate of drug-likeness (QED) is 0.599. The van der Waals surface area contributed by atoms with E-state index in [0.717, 1.165) is 6.54 Å². The minimum atomic E-state index is -0.936. The second-order valence-electron chi connectivity index (χ2n) is 4.51. The summed E-state index contributed by atoms with van der Waals surface area (Å²) in [6.07, 6.45) is 0. The average Bonchev–Trinajstić information content (AvgIpc) is 1.97. The zero-order valence-corrected chi connectivity index (χ0v) is 9.77. The van der Waals surface area contributed by atoms with Crippen LogP contribution in [0.4, 0.5) is 0 Å². The summed E-state index contributed by atoms with van der Waals surface area (Å²) in [4.78, 5) is 11.4. The maximum absolute atomic E-state index is 11.4. The second kappa shape index (κ2) is 4.75. The first-order valence-electron chi connectivity index (χ1n) is 4.95. The van der Waals surface area contributed by atoms with Gasteiger partial charge in [-0.15, -0.1) is 0 Å². The molecule has 0 bridgehead atoms. The molecule has 4 nitrogen and oxygen atoms in total. The summed E-state index contributed by atoms with van der Waals surface area (Å²) in [7, 11) is 0. The van der Waals surface area contributed by atoms with Crippen molar-refractivity contribution in [2.75, 3.05) is 13.1 Å². The highest BCUT2D eigenvalue weighted by Gasteiger charge is 2.35. The van der Waals surface area contributed by atoms with Crippen LogP contribution < -0.4 is 10.6 Å². The number of carbonyl (C=O) groups excluding carboxylic acids is 1. The summed E-state index contributed by atoms with van der Waals surface area (Å²) in [5, 5.41) is 15.5. The highest BCUT2D eigenvalue weighted by atomic mass is 16.3. The van der Waals surface area contributed by atoms with Gasteiger partial charge >= 0.3 is 0 Å². The Balaban J connectivity index is 4.16. The average molecular weight is 202 g/mol. The molecule has 0 aliphatic carbocycles. The van der Waals surface area contributed by atoms with Crippen LogP contribution in [0.3, 0.4) is 0 Å². The van der Waals surface area contributed by atoms with Crippen LogP contribution in [0.1, 0.15) is 34.6 Å². The van der Waals surface area contributed by atoms with Crippen molar-refractivity contribution in [2.45, 2.75) is 45.8 Å². The van der Waals surface area contributed by atoms with Crippen molar-refractivity contribution in [2.24, 2.45) is 0 Å². The van der Waals surface area contributed by atoms with Gasteiger partial charge in [-0.25, -0.2) is 0 Å². The number of nitrogens with one attached hydrogen (secondary N) is 2. The fourth-order valence-corrected chi connectivity index (χ4v) is 0.784. The third-order valence-corrected chi connectivity index (χ3v) is 2.52. The van der Waals surface area contributed by atoms with Crippen LogP contribution in [0.5, 0.6) is 0 Å². The van der Waals surface area contributed by atoms with Gasteiger partial charge in [-0.1, -0.05) is 6.92 Å². The summed E-state index contributed by atoms with van der Waals surface area (Å²) < 4.78 is 0. The van der Waals surface area contributed by atoms with E-state index in [1.165, 1.54) is 0 Å². The van der Waals surface area contributed by atoms with Gasteiger partial charge in [-0.2, -0.15) is 0 Å². The molecule has 0 aliphatic rings. The van der Waals surface area contributed by atoms with Crippen LogP contribution >= 0.6 is 0 Å². The highest BCUT2D eigenvalue weighted by molar-refractivity contribution is 5.78. The van der Waals surface area contributed by atoms with Gasteiger partial charge in [0.25, 0.3) is 0 Å². The minimum Gasteiger partial charge on any atom is -0.388 e. The van der Waals surface area contributed by atoms with E-state index in [-0.39, 0.29) is 12.5 Å². The van der Waals surface area contributed by atoms with Crippen molar-refractivity contribution in [3.8, 4) is 0 Å². The molecule has 0 unspecified atom stereocenters. The molecule has 4 heteroatoms. The molecular weight excluding hydrogens is 180 g/mol. The van der Waals surface area contributed by atoms with Crippen molar-refractivity contribution in [3.05, 3.63) is 0 Å². The number of aliphatic hydroxyl groups is 1. The fourth-order valence-electron chi connectivity index (χ4n) is 0.784. The lowest BCUT2D eigenvalue weighted by Gasteiger charge is -2.38. The molecule has 0 aromatic carbocycles. The van der Waals surface area contributed by atoms with E-state index in [1.807, 2.05) is 6.92 Å². The zero-order valence-electron chi connectivity index (χ0n) is 9.77. The Hall–Kier alpha value is -0.610. The molecule has 0 aliphatic heterocycles. The van der Waals surface area contributed by atoms with Gasteiger partial charge in [0.15, 0.2) is 0 Å². The number of carbonyl (C=O) groups is 1. The van der Waals surface area contributed by atoms with E-state index < -0.39 is 11.1 Å². The molecule has 0 saturated heterocycles. The van der Waals surface area contributed by atoms with E-state index in [0.29, 0.717) is 0 Å². The Morgan fingerprint density at radius 1 is 1.29 bits per heavy atom. The number of likely N-dealkylation sites (N-methyl/N-ethyl adjacent to an activating group) is 1. The van der Waals surface area contributed by atoms with Crippen LogP contribution in [0.2, 0.25) is 0 Å². The van der Waals surface area contributed by atoms with Crippen LogP contribution in [-0.2, 0) is 4.79 Å². The van der Waals surface area contributed by atoms with E-state index in [9.17, 15) is 9.90 Å². The van der Waals surface area contributed by atoms with Crippen LogP contribution in [-0.4, -0.2) is 35.2 Å². The van der Waals surface area contributed by atoms with Gasteiger partial charge in [0.1, 0.15) is 0 Å². The summed E-state index contributed by atoms with van der Waals surface area (Å²) in [5.41, 5.74) is -1.56. The number of hydrogen-bond donors (Lipinski definition) is 3. The molecule has 0 aromatic rings. The number of hydrogen-bond acceptors (Lipinski definition) is 3. The summed E-state index contributed by atoms with van der Waals surface area (Å²) in [6, 6.07) is 0. The standard InChI is InChI=1S/C10H22N2O2/c1-6-11-7-8(13)12-9(2,3)10(4,5)14/h11,14H,6-7H2,1-5H3,(H,12,13). The smallest absolute Gasteiger partial charge is 0.234 e. The lowest BCUT2D eigenvalue weighted by atomic mass is 9.86. The molecule has 3 N–H and O–H groups in total. The van der Waals surface area contributed by atoms with E-state index in [2.05, 4.69) is 10.6 Å². The Kier molecular flexibility index (Phi) is 4.55. The van der Waals surface area contributed by atoms with Gasteiger partial charge < -0.3 is 15.7 Å². The molecule has 84 valence electrons. The Morgan fingerprint density at radius 3 is 2.14 bits per heavy atom.